The molecule has 1 atom stereocenters. The number of carbonyl (C=O) groups is 1. The van der Waals surface area contributed by atoms with Crippen LogP contribution in [0, 0.1) is 5.92 Å². The predicted octanol–water partition coefficient (Wildman–Crippen LogP) is 1.35. The van der Waals surface area contributed by atoms with Crippen LogP contribution in [0.25, 0.3) is 5.82 Å². The monoisotopic (exact) mass is 290 g/mol. The smallest absolute Gasteiger partial charge is 0.256 e. The molecule has 2 heterocycles. The lowest BCUT2D eigenvalue weighted by atomic mass is 10.0. The first kappa shape index (κ1) is 15.3. The number of hydrogen-bond donors (Lipinski definition) is 2. The summed E-state index contributed by atoms with van der Waals surface area (Å²) in [6.07, 6.45) is 6.02. The first-order valence-electron chi connectivity index (χ1n) is 7.10. The second-order valence-corrected chi connectivity index (χ2v) is 5.58. The molecule has 1 unspecified atom stereocenters. The molecule has 6 nitrogen and oxygen atoms in total. The second kappa shape index (κ2) is 6.58. The number of aryl methyl sites for hydroxylation is 1. The fraction of sp³-hybridized carbons (Fsp3) is 0.467. The number of nitrogens with one attached hydrogen (secondary N) is 1. The van der Waals surface area contributed by atoms with Crippen molar-refractivity contribution >= 4 is 5.91 Å². The van der Waals surface area contributed by atoms with Crippen molar-refractivity contribution in [1.29, 1.82) is 0 Å². The van der Waals surface area contributed by atoms with E-state index in [1.54, 1.807) is 17.9 Å². The summed E-state index contributed by atoms with van der Waals surface area (Å²) in [7, 11) is 1.80. The number of carbonyl (C=O) groups excluding carboxylic acids is 1. The molecule has 0 aromatic carbocycles. The number of aliphatic hydroxyl groups is 1. The van der Waals surface area contributed by atoms with Gasteiger partial charge in [-0.15, -0.1) is 0 Å². The van der Waals surface area contributed by atoms with Gasteiger partial charge in [-0.2, -0.15) is 5.10 Å². The van der Waals surface area contributed by atoms with Crippen molar-refractivity contribution in [3.05, 3.63) is 36.3 Å². The van der Waals surface area contributed by atoms with Gasteiger partial charge in [-0.1, -0.05) is 13.8 Å². The minimum atomic E-state index is -0.241. The molecular formula is C15H22N4O2. The Balaban J connectivity index is 2.20. The molecule has 6 heteroatoms. The highest BCUT2D eigenvalue weighted by Gasteiger charge is 2.20. The van der Waals surface area contributed by atoms with Gasteiger partial charge >= 0.3 is 0 Å². The standard InChI is InChI=1S/C15H22N4O2/c1-11(2)8-12(10-20)17-14(21)13-9-16-18(3)15(13)19-6-4-5-7-19/h4-7,9,11-12,20H,8,10H2,1-3H3,(H,17,21). The maximum absolute atomic E-state index is 12.4. The molecule has 0 aliphatic carbocycles. The Hall–Kier alpha value is -2.08. The summed E-state index contributed by atoms with van der Waals surface area (Å²) < 4.78 is 3.50. The van der Waals surface area contributed by atoms with E-state index in [4.69, 9.17) is 0 Å². The van der Waals surface area contributed by atoms with Crippen molar-refractivity contribution in [3.63, 3.8) is 0 Å². The molecule has 2 rings (SSSR count). The number of amides is 1. The predicted molar refractivity (Wildman–Crippen MR) is 80.3 cm³/mol. The first-order chi connectivity index (χ1) is 10.0. The normalized spacial score (nSPS) is 12.6. The number of hydrogen-bond acceptors (Lipinski definition) is 3. The van der Waals surface area contributed by atoms with E-state index in [0.717, 1.165) is 6.42 Å². The summed E-state index contributed by atoms with van der Waals surface area (Å²) >= 11 is 0. The molecule has 114 valence electrons. The molecular weight excluding hydrogens is 268 g/mol. The zero-order chi connectivity index (χ0) is 15.4. The van der Waals surface area contributed by atoms with Gasteiger partial charge in [0.25, 0.3) is 5.91 Å². The van der Waals surface area contributed by atoms with Crippen LogP contribution in [0.2, 0.25) is 0 Å². The fourth-order valence-electron chi connectivity index (χ4n) is 2.38. The number of aromatic nitrogens is 3. The van der Waals surface area contributed by atoms with Gasteiger partial charge in [0, 0.05) is 19.4 Å². The average molecular weight is 290 g/mol. The van der Waals surface area contributed by atoms with Crippen LogP contribution in [0.3, 0.4) is 0 Å². The topological polar surface area (TPSA) is 72.1 Å². The third-order valence-corrected chi connectivity index (χ3v) is 3.31. The Morgan fingerprint density at radius 1 is 1.38 bits per heavy atom. The van der Waals surface area contributed by atoms with E-state index in [-0.39, 0.29) is 18.6 Å². The molecule has 0 saturated heterocycles. The van der Waals surface area contributed by atoms with Gasteiger partial charge in [-0.3, -0.25) is 9.48 Å². The van der Waals surface area contributed by atoms with Crippen molar-refractivity contribution in [3.8, 4) is 5.82 Å². The van der Waals surface area contributed by atoms with Gasteiger partial charge < -0.3 is 15.0 Å². The van der Waals surface area contributed by atoms with E-state index >= 15 is 0 Å². The Bertz CT molecular complexity index is 587. The van der Waals surface area contributed by atoms with E-state index in [2.05, 4.69) is 24.3 Å². The maximum Gasteiger partial charge on any atom is 0.256 e. The zero-order valence-corrected chi connectivity index (χ0v) is 12.7. The molecule has 0 saturated carbocycles. The molecule has 0 bridgehead atoms. The van der Waals surface area contributed by atoms with Crippen LogP contribution in [-0.4, -0.2) is 38.0 Å². The zero-order valence-electron chi connectivity index (χ0n) is 12.7. The Morgan fingerprint density at radius 2 is 2.05 bits per heavy atom. The molecule has 2 N–H and O–H groups in total. The maximum atomic E-state index is 12.4. The minimum Gasteiger partial charge on any atom is -0.394 e. The SMILES string of the molecule is CC(C)CC(CO)NC(=O)c1cnn(C)c1-n1cccc1. The third-order valence-electron chi connectivity index (χ3n) is 3.31. The Morgan fingerprint density at radius 3 is 2.62 bits per heavy atom. The molecule has 21 heavy (non-hydrogen) atoms. The third kappa shape index (κ3) is 3.52. The van der Waals surface area contributed by atoms with E-state index in [9.17, 15) is 9.90 Å². The van der Waals surface area contributed by atoms with Crippen LogP contribution in [0.1, 0.15) is 30.6 Å². The molecule has 1 amide bonds. The van der Waals surface area contributed by atoms with E-state index < -0.39 is 0 Å². The van der Waals surface area contributed by atoms with Crippen LogP contribution in [0.4, 0.5) is 0 Å². The molecule has 0 aliphatic heterocycles. The van der Waals surface area contributed by atoms with Gasteiger partial charge in [-0.25, -0.2) is 0 Å². The van der Waals surface area contributed by atoms with Gasteiger partial charge in [0.2, 0.25) is 0 Å². The van der Waals surface area contributed by atoms with Crippen molar-refractivity contribution in [2.75, 3.05) is 6.61 Å². The van der Waals surface area contributed by atoms with Gasteiger partial charge in [0.05, 0.1) is 18.8 Å². The Labute approximate surface area is 124 Å². The van der Waals surface area contributed by atoms with Gasteiger partial charge in [0.1, 0.15) is 11.4 Å². The fourth-order valence-corrected chi connectivity index (χ4v) is 2.38. The van der Waals surface area contributed by atoms with Gasteiger partial charge in [0.15, 0.2) is 0 Å². The minimum absolute atomic E-state index is 0.0664. The number of aliphatic hydroxyl groups excluding tert-OH is 1. The summed E-state index contributed by atoms with van der Waals surface area (Å²) in [6.45, 7) is 4.05. The number of rotatable bonds is 6. The lowest BCUT2D eigenvalue weighted by molar-refractivity contribution is 0.0908. The van der Waals surface area contributed by atoms with Crippen molar-refractivity contribution in [1.82, 2.24) is 19.7 Å². The van der Waals surface area contributed by atoms with Crippen LogP contribution < -0.4 is 5.32 Å². The van der Waals surface area contributed by atoms with Crippen LogP contribution in [-0.2, 0) is 7.05 Å². The average Bonchev–Trinajstić information content (AvgIpc) is 3.05. The summed E-state index contributed by atoms with van der Waals surface area (Å²) in [4.78, 5) is 12.4. The van der Waals surface area contributed by atoms with Gasteiger partial charge in [-0.05, 0) is 24.5 Å². The molecule has 0 spiro atoms. The number of nitrogens with zero attached hydrogens (tertiary/aromatic N) is 3. The van der Waals surface area contributed by atoms with Crippen LogP contribution in [0.5, 0.6) is 0 Å². The molecule has 0 radical (unpaired) electrons. The van der Waals surface area contributed by atoms with Crippen molar-refractivity contribution in [2.45, 2.75) is 26.3 Å². The molecule has 0 fully saturated rings. The largest absolute Gasteiger partial charge is 0.394 e. The highest BCUT2D eigenvalue weighted by molar-refractivity contribution is 5.97. The van der Waals surface area contributed by atoms with E-state index in [1.165, 1.54) is 0 Å². The van der Waals surface area contributed by atoms with Crippen LogP contribution in [0.15, 0.2) is 30.7 Å². The summed E-state index contributed by atoms with van der Waals surface area (Å²) in [5, 5.41) is 16.4. The lowest BCUT2D eigenvalue weighted by Gasteiger charge is -2.18. The van der Waals surface area contributed by atoms with Crippen molar-refractivity contribution < 1.29 is 9.90 Å². The van der Waals surface area contributed by atoms with E-state index in [0.29, 0.717) is 17.3 Å². The summed E-state index contributed by atoms with van der Waals surface area (Å²) in [6, 6.07) is 3.55. The highest BCUT2D eigenvalue weighted by Crippen LogP contribution is 2.14. The molecule has 2 aromatic rings. The van der Waals surface area contributed by atoms with E-state index in [1.807, 2.05) is 29.1 Å². The van der Waals surface area contributed by atoms with Crippen LogP contribution >= 0.6 is 0 Å². The quantitative estimate of drug-likeness (QED) is 0.843. The van der Waals surface area contributed by atoms with Crippen molar-refractivity contribution in [2.24, 2.45) is 13.0 Å². The molecule has 0 aliphatic rings. The highest BCUT2D eigenvalue weighted by atomic mass is 16.3. The first-order valence-corrected chi connectivity index (χ1v) is 7.10. The summed E-state index contributed by atoms with van der Waals surface area (Å²) in [5.41, 5.74) is 0.496. The summed E-state index contributed by atoms with van der Waals surface area (Å²) in [5.74, 6) is 0.894. The Kier molecular flexibility index (Phi) is 4.80. The second-order valence-electron chi connectivity index (χ2n) is 5.58. The lowest BCUT2D eigenvalue weighted by Crippen LogP contribution is -2.38. The molecule has 2 aromatic heterocycles.